The normalized spacial score (nSPS) is 21.3. The largest absolute Gasteiger partial charge is 0.330 e. The van der Waals surface area contributed by atoms with E-state index in [9.17, 15) is 4.79 Å². The zero-order chi connectivity index (χ0) is 17.5. The number of fused-ring (bicyclic) bond motifs is 3. The number of rotatable bonds is 2. The Balaban J connectivity index is 1.50. The van der Waals surface area contributed by atoms with Crippen molar-refractivity contribution < 1.29 is 4.79 Å². The Hall–Kier alpha value is -2.95. The molecule has 1 aromatic heterocycles. The summed E-state index contributed by atoms with van der Waals surface area (Å²) in [6.07, 6.45) is 2.85. The summed E-state index contributed by atoms with van der Waals surface area (Å²) >= 11 is 0. The maximum atomic E-state index is 13.1. The number of amides is 1. The van der Waals surface area contributed by atoms with E-state index in [2.05, 4.69) is 31.8 Å². The quantitative estimate of drug-likeness (QED) is 0.717. The molecule has 0 N–H and O–H groups in total. The number of hydrogen-bond acceptors (Lipinski definition) is 3. The molecule has 2 aliphatic heterocycles. The van der Waals surface area contributed by atoms with Crippen LogP contribution in [0.2, 0.25) is 0 Å². The first-order chi connectivity index (χ1) is 12.8. The Kier molecular flexibility index (Phi) is 3.59. The molecule has 1 fully saturated rings. The van der Waals surface area contributed by atoms with Crippen LogP contribution in [0.4, 0.5) is 0 Å². The van der Waals surface area contributed by atoms with E-state index in [1.54, 1.807) is 0 Å². The van der Waals surface area contributed by atoms with Crippen LogP contribution in [0.25, 0.3) is 11.4 Å². The van der Waals surface area contributed by atoms with Gasteiger partial charge in [-0.25, -0.2) is 0 Å². The Bertz CT molecular complexity index is 935. The van der Waals surface area contributed by atoms with Crippen LogP contribution in [-0.4, -0.2) is 37.7 Å². The molecule has 0 saturated carbocycles. The van der Waals surface area contributed by atoms with Gasteiger partial charge in [0.25, 0.3) is 5.91 Å². The van der Waals surface area contributed by atoms with Crippen molar-refractivity contribution in [3.63, 3.8) is 0 Å². The molecule has 26 heavy (non-hydrogen) atoms. The maximum Gasteiger partial charge on any atom is 0.254 e. The molecule has 2 atom stereocenters. The molecule has 5 nitrogen and oxygen atoms in total. The van der Waals surface area contributed by atoms with Crippen LogP contribution in [0, 0.1) is 0 Å². The molecule has 2 bridgehead atoms. The van der Waals surface area contributed by atoms with Crippen LogP contribution < -0.4 is 0 Å². The van der Waals surface area contributed by atoms with Crippen molar-refractivity contribution in [1.29, 1.82) is 0 Å². The lowest BCUT2D eigenvalue weighted by molar-refractivity contribution is 0.0666. The van der Waals surface area contributed by atoms with Crippen LogP contribution in [0.3, 0.4) is 0 Å². The predicted octanol–water partition coefficient (Wildman–Crippen LogP) is 3.17. The fraction of sp³-hybridized carbons (Fsp3) is 0.286. The first-order valence-electron chi connectivity index (χ1n) is 9.16. The zero-order valence-electron chi connectivity index (χ0n) is 14.5. The van der Waals surface area contributed by atoms with Gasteiger partial charge < -0.3 is 9.47 Å². The van der Waals surface area contributed by atoms with Crippen molar-refractivity contribution in [2.45, 2.75) is 37.9 Å². The highest BCUT2D eigenvalue weighted by Crippen LogP contribution is 2.34. The molecule has 1 saturated heterocycles. The van der Waals surface area contributed by atoms with Gasteiger partial charge in [0.2, 0.25) is 0 Å². The smallest absolute Gasteiger partial charge is 0.254 e. The van der Waals surface area contributed by atoms with Gasteiger partial charge in [0, 0.05) is 30.1 Å². The van der Waals surface area contributed by atoms with E-state index in [-0.39, 0.29) is 18.0 Å². The number of aromatic nitrogens is 3. The lowest BCUT2D eigenvalue weighted by Gasteiger charge is -2.28. The van der Waals surface area contributed by atoms with Crippen molar-refractivity contribution >= 4 is 5.91 Å². The summed E-state index contributed by atoms with van der Waals surface area (Å²) in [6, 6.07) is 20.2. The second kappa shape index (κ2) is 6.09. The summed E-state index contributed by atoms with van der Waals surface area (Å²) in [5.74, 6) is 2.03. The summed E-state index contributed by atoms with van der Waals surface area (Å²) in [7, 11) is 0. The lowest BCUT2D eigenvalue weighted by Crippen LogP contribution is -2.42. The van der Waals surface area contributed by atoms with Gasteiger partial charge >= 0.3 is 0 Å². The van der Waals surface area contributed by atoms with Crippen LogP contribution in [0.1, 0.15) is 29.0 Å². The summed E-state index contributed by atoms with van der Waals surface area (Å²) in [6.45, 7) is 0.766. The van der Waals surface area contributed by atoms with Crippen molar-refractivity contribution in [1.82, 2.24) is 19.7 Å². The minimum Gasteiger partial charge on any atom is -0.330 e. The van der Waals surface area contributed by atoms with Crippen LogP contribution in [0.5, 0.6) is 0 Å². The highest BCUT2D eigenvalue weighted by atomic mass is 16.2. The second-order valence-electron chi connectivity index (χ2n) is 7.08. The molecule has 0 radical (unpaired) electrons. The summed E-state index contributed by atoms with van der Waals surface area (Å²) in [5.41, 5.74) is 1.84. The molecule has 2 aromatic carbocycles. The van der Waals surface area contributed by atoms with E-state index in [1.807, 2.05) is 48.5 Å². The van der Waals surface area contributed by atoms with Gasteiger partial charge in [-0.1, -0.05) is 48.5 Å². The van der Waals surface area contributed by atoms with Crippen molar-refractivity contribution in [3.05, 3.63) is 72.1 Å². The number of hydrogen-bond donors (Lipinski definition) is 0. The molecule has 0 aliphatic carbocycles. The highest BCUT2D eigenvalue weighted by molar-refractivity contribution is 5.94. The van der Waals surface area contributed by atoms with E-state index in [1.165, 1.54) is 0 Å². The number of nitrogens with zero attached hydrogens (tertiary/aromatic N) is 4. The molecular weight excluding hydrogens is 324 g/mol. The molecule has 0 unspecified atom stereocenters. The average Bonchev–Trinajstić information content (AvgIpc) is 3.22. The fourth-order valence-corrected chi connectivity index (χ4v) is 4.30. The minimum atomic E-state index is 0.137. The van der Waals surface area contributed by atoms with E-state index < -0.39 is 0 Å². The highest BCUT2D eigenvalue weighted by Gasteiger charge is 2.41. The van der Waals surface area contributed by atoms with Crippen LogP contribution in [0.15, 0.2) is 60.7 Å². The van der Waals surface area contributed by atoms with Crippen molar-refractivity contribution in [2.75, 3.05) is 0 Å². The van der Waals surface area contributed by atoms with E-state index in [0.29, 0.717) is 0 Å². The van der Waals surface area contributed by atoms with E-state index >= 15 is 0 Å². The van der Waals surface area contributed by atoms with Gasteiger partial charge in [-0.05, 0) is 25.0 Å². The first-order valence-corrected chi connectivity index (χ1v) is 9.16. The lowest BCUT2D eigenvalue weighted by atomic mass is 10.1. The Morgan fingerprint density at radius 2 is 1.58 bits per heavy atom. The Morgan fingerprint density at radius 3 is 2.35 bits per heavy atom. The molecule has 130 valence electrons. The van der Waals surface area contributed by atoms with Crippen LogP contribution >= 0.6 is 0 Å². The Morgan fingerprint density at radius 1 is 0.885 bits per heavy atom. The Labute approximate surface area is 152 Å². The van der Waals surface area contributed by atoms with Gasteiger partial charge in [0.15, 0.2) is 5.82 Å². The van der Waals surface area contributed by atoms with Crippen molar-refractivity contribution in [2.24, 2.45) is 0 Å². The van der Waals surface area contributed by atoms with Gasteiger partial charge in [-0.2, -0.15) is 0 Å². The van der Waals surface area contributed by atoms with Gasteiger partial charge in [0.1, 0.15) is 5.82 Å². The molecule has 2 aliphatic rings. The molecule has 5 heteroatoms. The van der Waals surface area contributed by atoms with E-state index in [0.717, 1.165) is 48.6 Å². The number of benzene rings is 2. The van der Waals surface area contributed by atoms with Crippen molar-refractivity contribution in [3.8, 4) is 11.4 Å². The average molecular weight is 344 g/mol. The third-order valence-electron chi connectivity index (χ3n) is 5.55. The SMILES string of the molecule is O=C(c1ccccc1)N1[C@@H]2CC[C@H]1Cc1nnc(-c3ccccc3)n1C2. The van der Waals surface area contributed by atoms with E-state index in [4.69, 9.17) is 0 Å². The molecule has 5 rings (SSSR count). The molecule has 3 heterocycles. The summed E-state index contributed by atoms with van der Waals surface area (Å²) < 4.78 is 2.21. The standard InChI is InChI=1S/C21H20N4O/c26-21(16-9-5-2-6-10-16)25-17-11-12-18(25)14-24-19(13-17)22-23-20(24)15-7-3-1-4-8-15/h1-10,17-18H,11-14H2/t17-,18+/m0/s1. The van der Waals surface area contributed by atoms with Crippen LogP contribution in [-0.2, 0) is 13.0 Å². The minimum absolute atomic E-state index is 0.137. The topological polar surface area (TPSA) is 51.0 Å². The molecular formula is C21H20N4O. The maximum absolute atomic E-state index is 13.1. The second-order valence-corrected chi connectivity index (χ2v) is 7.08. The monoisotopic (exact) mass is 344 g/mol. The zero-order valence-corrected chi connectivity index (χ0v) is 14.5. The fourth-order valence-electron chi connectivity index (χ4n) is 4.30. The number of carbonyl (C=O) groups excluding carboxylic acids is 1. The van der Waals surface area contributed by atoms with Gasteiger partial charge in [-0.3, -0.25) is 4.79 Å². The van der Waals surface area contributed by atoms with Gasteiger partial charge in [-0.15, -0.1) is 10.2 Å². The number of carbonyl (C=O) groups is 1. The summed E-state index contributed by atoms with van der Waals surface area (Å²) in [4.78, 5) is 15.2. The predicted molar refractivity (Wildman–Crippen MR) is 98.6 cm³/mol. The first kappa shape index (κ1) is 15.3. The van der Waals surface area contributed by atoms with Gasteiger partial charge in [0.05, 0.1) is 6.04 Å². The molecule has 1 amide bonds. The third kappa shape index (κ3) is 2.43. The summed E-state index contributed by atoms with van der Waals surface area (Å²) in [5, 5.41) is 8.90. The third-order valence-corrected chi connectivity index (χ3v) is 5.55. The molecule has 3 aromatic rings. The molecule has 0 spiro atoms.